The number of methoxy groups -OCH3 is 1. The molecule has 0 aromatic carbocycles. The lowest BCUT2D eigenvalue weighted by Crippen LogP contribution is -2.31. The maximum absolute atomic E-state index is 11.6. The van der Waals surface area contributed by atoms with Gasteiger partial charge in [0.15, 0.2) is 0 Å². The van der Waals surface area contributed by atoms with E-state index >= 15 is 0 Å². The van der Waals surface area contributed by atoms with Gasteiger partial charge in [0.2, 0.25) is 0 Å². The number of nitrogens with zero attached hydrogens (tertiary/aromatic N) is 1. The Hall–Kier alpha value is -1.63. The molecule has 0 aliphatic carbocycles. The number of esters is 1. The molecule has 106 valence electrons. The van der Waals surface area contributed by atoms with Crippen LogP contribution in [-0.2, 0) is 14.3 Å². The first kappa shape index (κ1) is 15.4. The van der Waals surface area contributed by atoms with Gasteiger partial charge in [-0.05, 0) is 6.42 Å². The highest BCUT2D eigenvalue weighted by molar-refractivity contribution is 7.09. The van der Waals surface area contributed by atoms with Gasteiger partial charge in [-0.1, -0.05) is 13.3 Å². The van der Waals surface area contributed by atoms with Gasteiger partial charge in [0.1, 0.15) is 5.01 Å². The van der Waals surface area contributed by atoms with E-state index in [0.717, 1.165) is 12.8 Å². The molecule has 1 aromatic heterocycles. The van der Waals surface area contributed by atoms with Gasteiger partial charge in [0.25, 0.3) is 0 Å². The molecule has 1 N–H and O–H groups in total. The summed E-state index contributed by atoms with van der Waals surface area (Å²) < 4.78 is 9.61. The fraction of sp³-hybridized carbons (Fsp3) is 0.583. The zero-order chi connectivity index (χ0) is 14.1. The van der Waals surface area contributed by atoms with Crippen molar-refractivity contribution in [2.24, 2.45) is 0 Å². The van der Waals surface area contributed by atoms with Crippen molar-refractivity contribution in [1.82, 2.24) is 10.3 Å². The zero-order valence-corrected chi connectivity index (χ0v) is 11.9. The largest absolute Gasteiger partial charge is 0.469 e. The molecule has 7 heteroatoms. The van der Waals surface area contributed by atoms with E-state index in [4.69, 9.17) is 4.74 Å². The minimum absolute atomic E-state index is 0.0346. The van der Waals surface area contributed by atoms with Gasteiger partial charge >= 0.3 is 12.1 Å². The lowest BCUT2D eigenvalue weighted by Gasteiger charge is -2.15. The molecular formula is C12H18N2O4S. The van der Waals surface area contributed by atoms with E-state index in [-0.39, 0.29) is 6.42 Å². The molecule has 0 aliphatic rings. The van der Waals surface area contributed by atoms with Crippen LogP contribution in [0.5, 0.6) is 0 Å². The number of carbonyl (C=O) groups is 2. The zero-order valence-electron chi connectivity index (χ0n) is 11.0. The molecular weight excluding hydrogens is 268 g/mol. The van der Waals surface area contributed by atoms with Crippen LogP contribution in [0.15, 0.2) is 11.6 Å². The summed E-state index contributed by atoms with van der Waals surface area (Å²) in [6.45, 7) is 2.38. The molecule has 1 rings (SSSR count). The number of rotatable bonds is 7. The molecule has 1 unspecified atom stereocenters. The number of hydrogen-bond acceptors (Lipinski definition) is 6. The molecule has 0 bridgehead atoms. The maximum Gasteiger partial charge on any atom is 0.407 e. The number of unbranched alkanes of at least 4 members (excludes halogenated alkanes) is 1. The van der Waals surface area contributed by atoms with Gasteiger partial charge in [-0.3, -0.25) is 4.79 Å². The number of nitrogens with one attached hydrogen (secondary N) is 1. The van der Waals surface area contributed by atoms with Gasteiger partial charge in [-0.2, -0.15) is 0 Å². The van der Waals surface area contributed by atoms with Crippen molar-refractivity contribution in [3.05, 3.63) is 16.6 Å². The fourth-order valence-corrected chi connectivity index (χ4v) is 2.04. The van der Waals surface area contributed by atoms with Crippen LogP contribution in [-0.4, -0.2) is 30.8 Å². The van der Waals surface area contributed by atoms with Crippen molar-refractivity contribution in [2.75, 3.05) is 13.7 Å². The van der Waals surface area contributed by atoms with E-state index < -0.39 is 18.1 Å². The van der Waals surface area contributed by atoms with E-state index in [1.165, 1.54) is 18.4 Å². The smallest absolute Gasteiger partial charge is 0.407 e. The Bertz CT molecular complexity index is 394. The number of carbonyl (C=O) groups excluding carboxylic acids is 2. The normalized spacial score (nSPS) is 11.7. The molecule has 0 spiro atoms. The Morgan fingerprint density at radius 1 is 1.53 bits per heavy atom. The molecule has 0 radical (unpaired) electrons. The minimum Gasteiger partial charge on any atom is -0.469 e. The summed E-state index contributed by atoms with van der Waals surface area (Å²) in [5, 5.41) is 5.06. The standard InChI is InChI=1S/C12H18N2O4S/c1-3-4-6-18-12(16)14-9(8-10(15)17-2)11-13-5-7-19-11/h5,7,9H,3-4,6,8H2,1-2H3,(H,14,16). The molecule has 0 saturated carbocycles. The molecule has 1 atom stereocenters. The highest BCUT2D eigenvalue weighted by atomic mass is 32.1. The first-order chi connectivity index (χ1) is 9.17. The Morgan fingerprint density at radius 2 is 2.32 bits per heavy atom. The van der Waals surface area contributed by atoms with E-state index in [1.807, 2.05) is 6.92 Å². The predicted octanol–water partition coefficient (Wildman–Crippen LogP) is 2.27. The summed E-state index contributed by atoms with van der Waals surface area (Å²) in [5.41, 5.74) is 0. The first-order valence-electron chi connectivity index (χ1n) is 6.06. The van der Waals surface area contributed by atoms with Crippen LogP contribution in [0, 0.1) is 0 Å². The highest BCUT2D eigenvalue weighted by Crippen LogP contribution is 2.19. The van der Waals surface area contributed by atoms with Crippen LogP contribution in [0.1, 0.15) is 37.2 Å². The van der Waals surface area contributed by atoms with Gasteiger partial charge < -0.3 is 14.8 Å². The molecule has 19 heavy (non-hydrogen) atoms. The fourth-order valence-electron chi connectivity index (χ4n) is 1.35. The van der Waals surface area contributed by atoms with Crippen molar-refractivity contribution in [3.63, 3.8) is 0 Å². The van der Waals surface area contributed by atoms with Crippen LogP contribution in [0.25, 0.3) is 0 Å². The van der Waals surface area contributed by atoms with E-state index in [9.17, 15) is 9.59 Å². The van der Waals surface area contributed by atoms with Crippen LogP contribution >= 0.6 is 11.3 Å². The Balaban J connectivity index is 2.54. The average Bonchev–Trinajstić information content (AvgIpc) is 2.92. The molecule has 0 fully saturated rings. The third-order valence-corrected chi connectivity index (χ3v) is 3.26. The number of ether oxygens (including phenoxy) is 2. The Kier molecular flexibility index (Phi) is 6.88. The van der Waals surface area contributed by atoms with Crippen molar-refractivity contribution in [3.8, 4) is 0 Å². The van der Waals surface area contributed by atoms with Crippen molar-refractivity contribution in [1.29, 1.82) is 0 Å². The Labute approximate surface area is 116 Å². The topological polar surface area (TPSA) is 77.5 Å². The molecule has 6 nitrogen and oxygen atoms in total. The van der Waals surface area contributed by atoms with Gasteiger partial charge in [-0.15, -0.1) is 11.3 Å². The number of alkyl carbamates (subject to hydrolysis) is 1. The molecule has 0 aliphatic heterocycles. The van der Waals surface area contributed by atoms with E-state index in [2.05, 4.69) is 15.0 Å². The highest BCUT2D eigenvalue weighted by Gasteiger charge is 2.21. The number of amides is 1. The van der Waals surface area contributed by atoms with Crippen molar-refractivity contribution < 1.29 is 19.1 Å². The monoisotopic (exact) mass is 286 g/mol. The summed E-state index contributed by atoms with van der Waals surface area (Å²) in [6.07, 6.45) is 2.87. The summed E-state index contributed by atoms with van der Waals surface area (Å²) in [7, 11) is 1.31. The van der Waals surface area contributed by atoms with Crippen LogP contribution in [0.4, 0.5) is 4.79 Å². The van der Waals surface area contributed by atoms with Crippen LogP contribution in [0.3, 0.4) is 0 Å². The number of hydrogen-bond donors (Lipinski definition) is 1. The second kappa shape index (κ2) is 8.47. The predicted molar refractivity (Wildman–Crippen MR) is 70.9 cm³/mol. The quantitative estimate of drug-likeness (QED) is 0.614. The van der Waals surface area contributed by atoms with Crippen LogP contribution in [0.2, 0.25) is 0 Å². The minimum atomic E-state index is -0.544. The lowest BCUT2D eigenvalue weighted by molar-refractivity contribution is -0.141. The summed E-state index contributed by atoms with van der Waals surface area (Å²) in [6, 6.07) is -0.512. The summed E-state index contributed by atoms with van der Waals surface area (Å²) in [5.74, 6) is -0.408. The Morgan fingerprint density at radius 3 is 2.89 bits per heavy atom. The molecule has 1 amide bonds. The summed E-state index contributed by atoms with van der Waals surface area (Å²) >= 11 is 1.36. The van der Waals surface area contributed by atoms with E-state index in [0.29, 0.717) is 11.6 Å². The van der Waals surface area contributed by atoms with E-state index in [1.54, 1.807) is 11.6 Å². The van der Waals surface area contributed by atoms with Crippen molar-refractivity contribution in [2.45, 2.75) is 32.2 Å². The van der Waals surface area contributed by atoms with Gasteiger partial charge in [-0.25, -0.2) is 9.78 Å². The third-order valence-electron chi connectivity index (χ3n) is 2.37. The maximum atomic E-state index is 11.6. The third kappa shape index (κ3) is 5.69. The second-order valence-electron chi connectivity index (χ2n) is 3.84. The number of thiazole rings is 1. The second-order valence-corrected chi connectivity index (χ2v) is 4.76. The van der Waals surface area contributed by atoms with Gasteiger partial charge in [0.05, 0.1) is 26.2 Å². The van der Waals surface area contributed by atoms with Crippen LogP contribution < -0.4 is 5.32 Å². The van der Waals surface area contributed by atoms with Crippen molar-refractivity contribution >= 4 is 23.4 Å². The summed E-state index contributed by atoms with van der Waals surface area (Å²) in [4.78, 5) is 27.0. The molecule has 1 heterocycles. The van der Waals surface area contributed by atoms with Gasteiger partial charge in [0, 0.05) is 11.6 Å². The number of aromatic nitrogens is 1. The lowest BCUT2D eigenvalue weighted by atomic mass is 10.2. The average molecular weight is 286 g/mol. The molecule has 0 saturated heterocycles. The molecule has 1 aromatic rings. The SMILES string of the molecule is CCCCOC(=O)NC(CC(=O)OC)c1nccs1. The first-order valence-corrected chi connectivity index (χ1v) is 6.94.